The molecule has 14 aromatic rings. The number of rotatable bonds is 11. The van der Waals surface area contributed by atoms with Crippen molar-refractivity contribution in [1.82, 2.24) is 24.9 Å². The summed E-state index contributed by atoms with van der Waals surface area (Å²) in [6.07, 6.45) is 8.90. The van der Waals surface area contributed by atoms with Crippen LogP contribution >= 0.6 is 0 Å². The van der Waals surface area contributed by atoms with Crippen molar-refractivity contribution in [2.24, 2.45) is 0 Å². The fourth-order valence-corrected chi connectivity index (χ4v) is 10.7. The van der Waals surface area contributed by atoms with Crippen LogP contribution in [-0.4, -0.2) is 24.9 Å². The van der Waals surface area contributed by atoms with Crippen molar-refractivity contribution in [3.05, 3.63) is 286 Å². The van der Waals surface area contributed by atoms with Crippen LogP contribution in [0.3, 0.4) is 0 Å². The zero-order valence-electron chi connectivity index (χ0n) is 43.0. The van der Waals surface area contributed by atoms with Crippen LogP contribution in [0.4, 0.5) is 0 Å². The number of benzene rings is 10. The van der Waals surface area contributed by atoms with E-state index in [9.17, 15) is 0 Å². The summed E-state index contributed by atoms with van der Waals surface area (Å²) < 4.78 is 7.05. The molecule has 0 aliphatic rings. The van der Waals surface area contributed by atoms with Crippen molar-refractivity contribution < 1.29 is 45.9 Å². The molecule has 0 N–H and O–H groups in total. The monoisotopic (exact) mass is 1390 g/mol. The largest absolute Gasteiger partial charge is 3.00 e. The maximum absolute atomic E-state index is 7.05. The molecule has 14 rings (SSSR count). The minimum absolute atomic E-state index is 0. The molecule has 0 radical (unpaired) electrons. The van der Waals surface area contributed by atoms with Gasteiger partial charge in [0.15, 0.2) is 0 Å². The molecule has 4 heterocycles. The first-order valence-electron chi connectivity index (χ1n) is 26.0. The van der Waals surface area contributed by atoms with Gasteiger partial charge in [-0.1, -0.05) is 172 Å². The fourth-order valence-electron chi connectivity index (χ4n) is 10.7. The van der Waals surface area contributed by atoms with E-state index >= 15 is 0 Å². The molecule has 0 saturated carbocycles. The molecule has 8 heteroatoms. The fraction of sp³-hybridized carbons (Fsp3) is 0. The van der Waals surface area contributed by atoms with Crippen molar-refractivity contribution in [3.63, 3.8) is 0 Å². The number of fused-ring (bicyclic) bond motifs is 6. The quantitative estimate of drug-likeness (QED) is 0.0949. The van der Waals surface area contributed by atoms with Crippen molar-refractivity contribution in [1.29, 1.82) is 0 Å². The maximum Gasteiger partial charge on any atom is 3.00 e. The Bertz CT molecular complexity index is 4380. The van der Waals surface area contributed by atoms with Gasteiger partial charge in [-0.15, -0.1) is 82.7 Å². The summed E-state index contributed by atoms with van der Waals surface area (Å²) in [4.78, 5) is 23.2. The SMILES string of the molecule is [Ir+3].[Pt+2].[c-]1cc(-c2ccccc2-c2cc(-c3ccccc3-c3c[c-]c(-c4ccccn4)cc3)cc(-c3ccccc3-c3c[c-]c(-c4ccccn4)cc3)c2)c(Oc2[c-]c3c(cc2)c2ccccc2c2cccnc32)[c-]c1-c1ncccn1. The van der Waals surface area contributed by atoms with Crippen molar-refractivity contribution in [2.75, 3.05) is 0 Å². The second-order valence-electron chi connectivity index (χ2n) is 19.1. The zero-order valence-corrected chi connectivity index (χ0v) is 47.7. The molecule has 0 aliphatic heterocycles. The Balaban J connectivity index is 0.00000326. The Hall–Kier alpha value is -9.35. The molecular weight excluding hydrogens is 1350 g/mol. The first-order chi connectivity index (χ1) is 39.2. The molecule has 6 nitrogen and oxygen atoms in total. The van der Waals surface area contributed by atoms with E-state index in [1.807, 2.05) is 73.2 Å². The van der Waals surface area contributed by atoms with E-state index < -0.39 is 0 Å². The molecule has 10 aromatic carbocycles. The first-order valence-corrected chi connectivity index (χ1v) is 26.0. The van der Waals surface area contributed by atoms with Gasteiger partial charge in [0.05, 0.1) is 0 Å². The number of ether oxygens (including phenoxy) is 1. The standard InChI is InChI=1S/C73H42N5O.Ir.Pt/c1-3-17-59(57(15-1)48-26-30-50(31-27-48)69-24-9-11-38-74-69)53-43-54(60-18-4-2-16-58(60)49-28-32-51(33-29-49)70-25-10-12-39-75-70)45-55(44-53)61-19-5-6-20-62(61)66-36-34-52(73-77-41-14-42-78-73)46-71(66)79-56-35-37-65-63-21-7-8-22-64(63)67-23-13-40-76-72(67)68(65)47-56;;/h1-30,32,35-45H;;/q-5;+3;+2. The van der Waals surface area contributed by atoms with Gasteiger partial charge in [0.2, 0.25) is 0 Å². The van der Waals surface area contributed by atoms with Gasteiger partial charge in [0.25, 0.3) is 0 Å². The van der Waals surface area contributed by atoms with Gasteiger partial charge < -0.3 is 29.7 Å². The smallest absolute Gasteiger partial charge is 0.515 e. The Morgan fingerprint density at radius 1 is 0.333 bits per heavy atom. The van der Waals surface area contributed by atoms with Crippen molar-refractivity contribution in [3.8, 4) is 112 Å². The van der Waals surface area contributed by atoms with Gasteiger partial charge in [-0.05, 0) is 115 Å². The van der Waals surface area contributed by atoms with Crippen LogP contribution in [0.2, 0.25) is 0 Å². The summed E-state index contributed by atoms with van der Waals surface area (Å²) in [5.74, 6) is 1.48. The van der Waals surface area contributed by atoms with E-state index in [0.717, 1.165) is 122 Å². The number of pyridine rings is 3. The number of hydrogen-bond acceptors (Lipinski definition) is 6. The van der Waals surface area contributed by atoms with E-state index in [4.69, 9.17) is 9.72 Å². The minimum Gasteiger partial charge on any atom is -0.515 e. The first kappa shape index (κ1) is 52.4. The molecule has 0 fully saturated rings. The average Bonchev–Trinajstić information content (AvgIpc) is 3.63. The van der Waals surface area contributed by atoms with Crippen LogP contribution < -0.4 is 4.74 Å². The number of aromatic nitrogens is 5. The molecule has 0 atom stereocenters. The zero-order chi connectivity index (χ0) is 52.5. The van der Waals surface area contributed by atoms with Crippen LogP contribution in [0.5, 0.6) is 11.5 Å². The summed E-state index contributed by atoms with van der Waals surface area (Å²) in [6.45, 7) is 0. The Morgan fingerprint density at radius 2 is 0.815 bits per heavy atom. The maximum atomic E-state index is 7.05. The molecular formula is C73H42IrN5OPt. The van der Waals surface area contributed by atoms with Crippen molar-refractivity contribution in [2.45, 2.75) is 0 Å². The Morgan fingerprint density at radius 3 is 1.36 bits per heavy atom. The number of hydrogen-bond donors (Lipinski definition) is 0. The molecule has 0 spiro atoms. The predicted molar refractivity (Wildman–Crippen MR) is 318 cm³/mol. The Labute approximate surface area is 497 Å². The van der Waals surface area contributed by atoms with E-state index in [2.05, 4.69) is 214 Å². The molecule has 4 aromatic heterocycles. The van der Waals surface area contributed by atoms with Gasteiger partial charge in [-0.25, -0.2) is 17.7 Å². The van der Waals surface area contributed by atoms with Crippen LogP contribution in [-0.2, 0) is 41.2 Å². The molecule has 81 heavy (non-hydrogen) atoms. The van der Waals surface area contributed by atoms with E-state index in [0.29, 0.717) is 22.9 Å². The van der Waals surface area contributed by atoms with Crippen LogP contribution in [0.25, 0.3) is 133 Å². The minimum atomic E-state index is 0. The van der Waals surface area contributed by atoms with E-state index in [1.54, 1.807) is 18.5 Å². The second kappa shape index (κ2) is 23.2. The molecule has 0 amide bonds. The molecule has 0 aliphatic carbocycles. The normalized spacial score (nSPS) is 11.0. The summed E-state index contributed by atoms with van der Waals surface area (Å²) in [5.41, 5.74) is 17.2. The van der Waals surface area contributed by atoms with Crippen LogP contribution in [0, 0.1) is 30.3 Å². The van der Waals surface area contributed by atoms with Gasteiger partial charge in [-0.2, -0.15) is 0 Å². The Kier molecular flexibility index (Phi) is 15.0. The average molecular weight is 1390 g/mol. The summed E-state index contributed by atoms with van der Waals surface area (Å²) in [7, 11) is 0. The van der Waals surface area contributed by atoms with E-state index in [1.165, 1.54) is 0 Å². The molecule has 0 unspecified atom stereocenters. The third kappa shape index (κ3) is 10.3. The number of nitrogens with zero attached hydrogens (tertiary/aromatic N) is 5. The van der Waals surface area contributed by atoms with Crippen LogP contribution in [0.1, 0.15) is 0 Å². The second-order valence-corrected chi connectivity index (χ2v) is 19.1. The van der Waals surface area contributed by atoms with Gasteiger partial charge in [0.1, 0.15) is 0 Å². The summed E-state index contributed by atoms with van der Waals surface area (Å²) >= 11 is 0. The molecule has 0 bridgehead atoms. The topological polar surface area (TPSA) is 73.7 Å². The third-order valence-corrected chi connectivity index (χ3v) is 14.4. The van der Waals surface area contributed by atoms with Crippen molar-refractivity contribution >= 4 is 32.4 Å². The van der Waals surface area contributed by atoms with Gasteiger partial charge >= 0.3 is 41.2 Å². The summed E-state index contributed by atoms with van der Waals surface area (Å²) in [6, 6.07) is 95.2. The third-order valence-electron chi connectivity index (χ3n) is 14.4. The molecule has 0 saturated heterocycles. The van der Waals surface area contributed by atoms with E-state index in [-0.39, 0.29) is 41.2 Å². The van der Waals surface area contributed by atoms with Gasteiger partial charge in [-0.3, -0.25) is 6.07 Å². The van der Waals surface area contributed by atoms with Gasteiger partial charge in [0, 0.05) is 36.7 Å². The molecule has 384 valence electrons. The summed E-state index contributed by atoms with van der Waals surface area (Å²) in [5, 5.41) is 5.23. The van der Waals surface area contributed by atoms with Crippen LogP contribution in [0.15, 0.2) is 255 Å². The predicted octanol–water partition coefficient (Wildman–Crippen LogP) is 17.9.